The van der Waals surface area contributed by atoms with E-state index in [1.807, 2.05) is 35.2 Å². The van der Waals surface area contributed by atoms with Crippen LogP contribution in [-0.2, 0) is 13.1 Å². The lowest BCUT2D eigenvalue weighted by molar-refractivity contribution is 0.564. The van der Waals surface area contributed by atoms with E-state index >= 15 is 0 Å². The molecule has 0 saturated heterocycles. The van der Waals surface area contributed by atoms with Crippen LogP contribution in [0.25, 0.3) is 0 Å². The van der Waals surface area contributed by atoms with E-state index in [4.69, 9.17) is 0 Å². The quantitative estimate of drug-likeness (QED) is 0.373. The number of unbranched alkanes of at least 4 members (excludes halogenated alkanes) is 1. The van der Waals surface area contributed by atoms with Crippen molar-refractivity contribution in [1.82, 2.24) is 25.0 Å². The summed E-state index contributed by atoms with van der Waals surface area (Å²) in [5.74, 6) is 0.851. The molecule has 0 radical (unpaired) electrons. The van der Waals surface area contributed by atoms with Gasteiger partial charge in [0.15, 0.2) is 5.96 Å². The van der Waals surface area contributed by atoms with E-state index in [-0.39, 0.29) is 5.56 Å². The molecule has 0 bridgehead atoms. The molecule has 0 amide bonds. The number of hydrogen-bond donors (Lipinski definition) is 2. The highest BCUT2D eigenvalue weighted by molar-refractivity contribution is 5.79. The molecule has 2 N–H and O–H groups in total. The van der Waals surface area contributed by atoms with Crippen LogP contribution in [0.4, 0.5) is 0 Å². The fourth-order valence-corrected chi connectivity index (χ4v) is 3.17. The van der Waals surface area contributed by atoms with E-state index in [0.717, 1.165) is 69.3 Å². The summed E-state index contributed by atoms with van der Waals surface area (Å²) in [6.07, 6.45) is 2.89. The maximum atomic E-state index is 11.9. The van der Waals surface area contributed by atoms with Gasteiger partial charge in [0.2, 0.25) is 0 Å². The van der Waals surface area contributed by atoms with Gasteiger partial charge in [-0.1, -0.05) is 6.07 Å². The molecule has 7 heteroatoms. The Morgan fingerprint density at radius 3 is 2.57 bits per heavy atom. The van der Waals surface area contributed by atoms with Crippen LogP contribution in [-0.4, -0.2) is 39.9 Å². The van der Waals surface area contributed by atoms with Crippen LogP contribution in [0.1, 0.15) is 43.3 Å². The Kier molecular flexibility index (Phi) is 8.78. The predicted molar refractivity (Wildman–Crippen MR) is 115 cm³/mol. The summed E-state index contributed by atoms with van der Waals surface area (Å²) in [5.41, 5.74) is 3.34. The van der Waals surface area contributed by atoms with Gasteiger partial charge in [-0.25, -0.2) is 0 Å². The number of aryl methyl sites for hydroxylation is 4. The fourth-order valence-electron chi connectivity index (χ4n) is 3.17. The molecule has 0 aliphatic carbocycles. The molecule has 0 aromatic carbocycles. The molecule has 2 heterocycles. The molecule has 0 atom stereocenters. The van der Waals surface area contributed by atoms with Gasteiger partial charge >= 0.3 is 0 Å². The van der Waals surface area contributed by atoms with Gasteiger partial charge in [0.25, 0.3) is 5.56 Å². The van der Waals surface area contributed by atoms with Crippen molar-refractivity contribution >= 4 is 5.96 Å². The highest BCUT2D eigenvalue weighted by atomic mass is 16.1. The van der Waals surface area contributed by atoms with E-state index in [2.05, 4.69) is 40.6 Å². The largest absolute Gasteiger partial charge is 0.357 e. The van der Waals surface area contributed by atoms with Gasteiger partial charge in [0.1, 0.15) is 0 Å². The molecule has 0 spiro atoms. The zero-order valence-corrected chi connectivity index (χ0v) is 17.7. The molecule has 28 heavy (non-hydrogen) atoms. The molecule has 0 fully saturated rings. The van der Waals surface area contributed by atoms with E-state index in [9.17, 15) is 4.79 Å². The lowest BCUT2D eigenvalue weighted by atomic mass is 10.3. The third-order valence-corrected chi connectivity index (χ3v) is 4.61. The number of guanidine groups is 1. The molecule has 0 aliphatic heterocycles. The molecular formula is C21H34N6O. The van der Waals surface area contributed by atoms with E-state index in [1.165, 1.54) is 5.69 Å². The van der Waals surface area contributed by atoms with Crippen molar-refractivity contribution in [3.63, 3.8) is 0 Å². The summed E-state index contributed by atoms with van der Waals surface area (Å²) in [6.45, 7) is 12.2. The van der Waals surface area contributed by atoms with Crippen molar-refractivity contribution in [3.05, 3.63) is 51.7 Å². The summed E-state index contributed by atoms with van der Waals surface area (Å²) >= 11 is 0. The number of aromatic nitrogens is 3. The Morgan fingerprint density at radius 1 is 1.07 bits per heavy atom. The minimum absolute atomic E-state index is 0.0745. The van der Waals surface area contributed by atoms with Gasteiger partial charge in [0.05, 0.1) is 5.69 Å². The van der Waals surface area contributed by atoms with Gasteiger partial charge in [-0.05, 0) is 59.1 Å². The van der Waals surface area contributed by atoms with Crippen molar-refractivity contribution < 1.29 is 0 Å². The molecule has 2 rings (SSSR count). The van der Waals surface area contributed by atoms with Crippen LogP contribution >= 0.6 is 0 Å². The van der Waals surface area contributed by atoms with Gasteiger partial charge in [-0.2, -0.15) is 5.10 Å². The Bertz CT molecular complexity index is 821. The lowest BCUT2D eigenvalue weighted by Crippen LogP contribution is -2.38. The standard InChI is InChI=1S/C21H34N6O/c1-5-22-21(24-13-9-15-27-19(4)16-17(2)25-27)23-12-6-7-14-26-18(3)10-8-11-20(26)28/h8,10-11,16H,5-7,9,12-15H2,1-4H3,(H2,22,23,24). The van der Waals surface area contributed by atoms with Gasteiger partial charge in [-0.15, -0.1) is 0 Å². The minimum Gasteiger partial charge on any atom is -0.357 e. The SMILES string of the molecule is CCNC(=NCCCn1nc(C)cc1C)NCCCCn1c(C)cccc1=O. The van der Waals surface area contributed by atoms with Crippen LogP contribution in [0.2, 0.25) is 0 Å². The van der Waals surface area contributed by atoms with Crippen molar-refractivity contribution in [3.8, 4) is 0 Å². The number of rotatable bonds is 10. The van der Waals surface area contributed by atoms with Crippen molar-refractivity contribution in [1.29, 1.82) is 0 Å². The molecule has 2 aromatic heterocycles. The summed E-state index contributed by atoms with van der Waals surface area (Å²) in [7, 11) is 0. The molecule has 0 aliphatic rings. The summed E-state index contributed by atoms with van der Waals surface area (Å²) in [6, 6.07) is 7.50. The Balaban J connectivity index is 1.70. The average Bonchev–Trinajstić information content (AvgIpc) is 2.97. The first-order valence-corrected chi connectivity index (χ1v) is 10.2. The van der Waals surface area contributed by atoms with Crippen LogP contribution in [0.5, 0.6) is 0 Å². The van der Waals surface area contributed by atoms with Crippen molar-refractivity contribution in [2.24, 2.45) is 4.99 Å². The number of aliphatic imine (C=N–C) groups is 1. The first kappa shape index (κ1) is 21.7. The number of nitrogens with one attached hydrogen (secondary N) is 2. The number of nitrogens with zero attached hydrogens (tertiary/aromatic N) is 4. The Hall–Kier alpha value is -2.57. The highest BCUT2D eigenvalue weighted by Crippen LogP contribution is 2.02. The smallest absolute Gasteiger partial charge is 0.250 e. The highest BCUT2D eigenvalue weighted by Gasteiger charge is 2.02. The van der Waals surface area contributed by atoms with Gasteiger partial charge in [0, 0.05) is 50.2 Å². The second-order valence-electron chi connectivity index (χ2n) is 7.06. The summed E-state index contributed by atoms with van der Waals surface area (Å²) in [4.78, 5) is 16.5. The molecule has 154 valence electrons. The Labute approximate surface area is 167 Å². The van der Waals surface area contributed by atoms with Crippen LogP contribution in [0.15, 0.2) is 34.1 Å². The minimum atomic E-state index is 0.0745. The first-order valence-electron chi connectivity index (χ1n) is 10.2. The second-order valence-corrected chi connectivity index (χ2v) is 7.06. The topological polar surface area (TPSA) is 76.2 Å². The molecule has 0 saturated carbocycles. The molecule has 0 unspecified atom stereocenters. The second kappa shape index (κ2) is 11.3. The number of hydrogen-bond acceptors (Lipinski definition) is 3. The van der Waals surface area contributed by atoms with Crippen LogP contribution < -0.4 is 16.2 Å². The normalized spacial score (nSPS) is 11.6. The van der Waals surface area contributed by atoms with Crippen LogP contribution in [0, 0.1) is 20.8 Å². The molecular weight excluding hydrogens is 352 g/mol. The third-order valence-electron chi connectivity index (χ3n) is 4.61. The summed E-state index contributed by atoms with van der Waals surface area (Å²) in [5, 5.41) is 11.1. The number of pyridine rings is 1. The van der Waals surface area contributed by atoms with Gasteiger partial charge < -0.3 is 15.2 Å². The first-order chi connectivity index (χ1) is 13.5. The van der Waals surface area contributed by atoms with Crippen molar-refractivity contribution in [2.45, 2.75) is 60.0 Å². The zero-order valence-electron chi connectivity index (χ0n) is 17.7. The molecule has 2 aromatic rings. The predicted octanol–water partition coefficient (Wildman–Crippen LogP) is 2.40. The lowest BCUT2D eigenvalue weighted by Gasteiger charge is -2.12. The monoisotopic (exact) mass is 386 g/mol. The summed E-state index contributed by atoms with van der Waals surface area (Å²) < 4.78 is 3.87. The van der Waals surface area contributed by atoms with E-state index in [1.54, 1.807) is 6.07 Å². The van der Waals surface area contributed by atoms with E-state index in [0.29, 0.717) is 0 Å². The van der Waals surface area contributed by atoms with Gasteiger partial charge in [-0.3, -0.25) is 14.5 Å². The zero-order chi connectivity index (χ0) is 20.4. The maximum Gasteiger partial charge on any atom is 0.250 e. The van der Waals surface area contributed by atoms with E-state index < -0.39 is 0 Å². The Morgan fingerprint density at radius 2 is 1.89 bits per heavy atom. The average molecular weight is 387 g/mol. The van der Waals surface area contributed by atoms with Crippen LogP contribution in [0.3, 0.4) is 0 Å². The molecule has 7 nitrogen and oxygen atoms in total. The third kappa shape index (κ3) is 6.87. The van der Waals surface area contributed by atoms with Crippen molar-refractivity contribution in [2.75, 3.05) is 19.6 Å². The maximum absolute atomic E-state index is 11.9. The fraction of sp³-hybridized carbons (Fsp3) is 0.571.